The Hall–Kier alpha value is -3.01. The molecule has 1 amide bonds. The molecule has 0 atom stereocenters. The standard InChI is InChI=1S/C28H39N7O2S/c1-19-22(15-33(6)30-19)38-32-26(36)21-11-12-23(29-25(21)34-18-27(2,3)17-28(34,4)5)35-14-13-24(31-35)37-16-20-9-7-8-10-20/h11-15,20H,7-10,16-18H2,1-6H3,(H,32,36). The summed E-state index contributed by atoms with van der Waals surface area (Å²) >= 11 is 1.28. The lowest BCUT2D eigenvalue weighted by Gasteiger charge is -2.33. The summed E-state index contributed by atoms with van der Waals surface area (Å²) in [6, 6.07) is 5.58. The molecule has 3 aromatic heterocycles. The topological polar surface area (TPSA) is 90.1 Å². The first-order valence-corrected chi connectivity index (χ1v) is 14.3. The first-order valence-electron chi connectivity index (χ1n) is 13.5. The summed E-state index contributed by atoms with van der Waals surface area (Å²) in [5, 5.41) is 9.00. The van der Waals surface area contributed by atoms with Crippen molar-refractivity contribution < 1.29 is 9.53 Å². The Bertz CT molecular complexity index is 1310. The van der Waals surface area contributed by atoms with Gasteiger partial charge in [0.25, 0.3) is 5.91 Å². The zero-order chi connectivity index (χ0) is 27.1. The van der Waals surface area contributed by atoms with Crippen molar-refractivity contribution in [1.29, 1.82) is 0 Å². The van der Waals surface area contributed by atoms with Crippen molar-refractivity contribution in [3.05, 3.63) is 41.9 Å². The lowest BCUT2D eigenvalue weighted by atomic mass is 9.86. The summed E-state index contributed by atoms with van der Waals surface area (Å²) in [6.07, 6.45) is 9.82. The summed E-state index contributed by atoms with van der Waals surface area (Å²) in [5.41, 5.74) is 1.36. The van der Waals surface area contributed by atoms with Crippen LogP contribution in [0.2, 0.25) is 0 Å². The smallest absolute Gasteiger partial charge is 0.265 e. The molecule has 0 aromatic carbocycles. The molecule has 204 valence electrons. The normalized spacial score (nSPS) is 18.7. The molecule has 2 fully saturated rings. The number of ether oxygens (including phenoxy) is 1. The van der Waals surface area contributed by atoms with Crippen LogP contribution in [-0.2, 0) is 7.05 Å². The van der Waals surface area contributed by atoms with Crippen molar-refractivity contribution in [3.8, 4) is 11.7 Å². The van der Waals surface area contributed by atoms with Crippen LogP contribution in [0.5, 0.6) is 5.88 Å². The number of pyridine rings is 1. The van der Waals surface area contributed by atoms with Crippen molar-refractivity contribution in [2.45, 2.75) is 77.2 Å². The second-order valence-electron chi connectivity index (χ2n) is 12.1. The number of anilines is 1. The fourth-order valence-corrected chi connectivity index (χ4v) is 6.71. The molecule has 5 rings (SSSR count). The summed E-state index contributed by atoms with van der Waals surface area (Å²) < 4.78 is 12.5. The largest absolute Gasteiger partial charge is 0.476 e. The van der Waals surface area contributed by atoms with Gasteiger partial charge < -0.3 is 9.64 Å². The van der Waals surface area contributed by atoms with Crippen LogP contribution < -0.4 is 14.4 Å². The van der Waals surface area contributed by atoms with E-state index in [1.165, 1.54) is 37.6 Å². The molecular formula is C28H39N7O2S. The molecule has 0 bridgehead atoms. The Morgan fingerprint density at radius 1 is 1.16 bits per heavy atom. The number of aryl methyl sites for hydroxylation is 2. The molecule has 38 heavy (non-hydrogen) atoms. The lowest BCUT2D eigenvalue weighted by Crippen LogP contribution is -2.40. The van der Waals surface area contributed by atoms with Gasteiger partial charge in [0.1, 0.15) is 5.82 Å². The van der Waals surface area contributed by atoms with Gasteiger partial charge in [-0.2, -0.15) is 5.10 Å². The average molecular weight is 538 g/mol. The first kappa shape index (κ1) is 26.6. The van der Waals surface area contributed by atoms with Crippen LogP contribution in [0.4, 0.5) is 5.82 Å². The van der Waals surface area contributed by atoms with E-state index in [9.17, 15) is 4.79 Å². The fraction of sp³-hybridized carbons (Fsp3) is 0.571. The molecule has 3 aromatic rings. The minimum absolute atomic E-state index is 0.101. The molecule has 0 unspecified atom stereocenters. The number of hydrogen-bond acceptors (Lipinski definition) is 7. The van der Waals surface area contributed by atoms with E-state index >= 15 is 0 Å². The molecular weight excluding hydrogens is 498 g/mol. The number of hydrogen-bond donors (Lipinski definition) is 1. The van der Waals surface area contributed by atoms with Crippen LogP contribution in [0, 0.1) is 18.3 Å². The van der Waals surface area contributed by atoms with Crippen LogP contribution in [0.25, 0.3) is 5.82 Å². The Labute approximate surface area is 229 Å². The maximum atomic E-state index is 13.5. The molecule has 1 saturated heterocycles. The number of nitrogens with one attached hydrogen (secondary N) is 1. The van der Waals surface area contributed by atoms with Gasteiger partial charge in [0.2, 0.25) is 5.88 Å². The van der Waals surface area contributed by atoms with Crippen molar-refractivity contribution >= 4 is 23.7 Å². The van der Waals surface area contributed by atoms with Gasteiger partial charge in [0, 0.05) is 37.6 Å². The minimum atomic E-state index is -0.186. The van der Waals surface area contributed by atoms with E-state index in [0.29, 0.717) is 35.6 Å². The number of carbonyl (C=O) groups is 1. The third-order valence-corrected chi connectivity index (χ3v) is 8.46. The Kier molecular flexibility index (Phi) is 7.19. The van der Waals surface area contributed by atoms with E-state index in [4.69, 9.17) is 9.72 Å². The van der Waals surface area contributed by atoms with Gasteiger partial charge in [-0.15, -0.1) is 5.10 Å². The molecule has 0 spiro atoms. The molecule has 4 heterocycles. The van der Waals surface area contributed by atoms with Crippen LogP contribution in [-0.4, -0.2) is 49.1 Å². The number of amides is 1. The third-order valence-electron chi connectivity index (χ3n) is 7.55. The van der Waals surface area contributed by atoms with Crippen LogP contribution in [0.15, 0.2) is 35.5 Å². The first-order chi connectivity index (χ1) is 18.0. The minimum Gasteiger partial charge on any atom is -0.476 e. The van der Waals surface area contributed by atoms with Crippen LogP contribution >= 0.6 is 11.9 Å². The monoisotopic (exact) mass is 537 g/mol. The Morgan fingerprint density at radius 2 is 1.92 bits per heavy atom. The maximum absolute atomic E-state index is 13.5. The number of nitrogens with zero attached hydrogens (tertiary/aromatic N) is 6. The summed E-state index contributed by atoms with van der Waals surface area (Å²) in [4.78, 5) is 21.7. The van der Waals surface area contributed by atoms with Gasteiger partial charge in [0.05, 0.1) is 22.8 Å². The quantitative estimate of drug-likeness (QED) is 0.389. The van der Waals surface area contributed by atoms with E-state index in [2.05, 4.69) is 47.5 Å². The molecule has 2 aliphatic rings. The van der Waals surface area contributed by atoms with Crippen molar-refractivity contribution in [1.82, 2.24) is 29.3 Å². The summed E-state index contributed by atoms with van der Waals surface area (Å²) in [7, 11) is 1.87. The maximum Gasteiger partial charge on any atom is 0.265 e. The van der Waals surface area contributed by atoms with Crippen LogP contribution in [0.1, 0.15) is 75.9 Å². The molecule has 9 nitrogen and oxygen atoms in total. The van der Waals surface area contributed by atoms with Gasteiger partial charge in [0.15, 0.2) is 5.82 Å². The summed E-state index contributed by atoms with van der Waals surface area (Å²) in [5.74, 6) is 2.37. The van der Waals surface area contributed by atoms with Gasteiger partial charge in [-0.3, -0.25) is 14.2 Å². The highest BCUT2D eigenvalue weighted by Gasteiger charge is 2.44. The van der Waals surface area contributed by atoms with Gasteiger partial charge in [-0.05, 0) is 75.4 Å². The van der Waals surface area contributed by atoms with Gasteiger partial charge in [-0.25, -0.2) is 9.67 Å². The Balaban J connectivity index is 1.42. The number of rotatable bonds is 8. The van der Waals surface area contributed by atoms with E-state index in [-0.39, 0.29) is 16.9 Å². The van der Waals surface area contributed by atoms with Crippen molar-refractivity contribution in [2.75, 3.05) is 18.1 Å². The predicted octanol–water partition coefficient (Wildman–Crippen LogP) is 5.33. The van der Waals surface area contributed by atoms with Crippen molar-refractivity contribution in [2.24, 2.45) is 18.4 Å². The molecule has 10 heteroatoms. The zero-order valence-corrected chi connectivity index (χ0v) is 24.1. The van der Waals surface area contributed by atoms with Gasteiger partial charge in [-0.1, -0.05) is 26.7 Å². The van der Waals surface area contributed by atoms with E-state index < -0.39 is 0 Å². The van der Waals surface area contributed by atoms with E-state index in [0.717, 1.165) is 23.6 Å². The fourth-order valence-electron chi connectivity index (χ4n) is 6.00. The highest BCUT2D eigenvalue weighted by Crippen LogP contribution is 2.44. The second-order valence-corrected chi connectivity index (χ2v) is 13.0. The highest BCUT2D eigenvalue weighted by molar-refractivity contribution is 7.98. The zero-order valence-electron chi connectivity index (χ0n) is 23.3. The van der Waals surface area contributed by atoms with Crippen LogP contribution in [0.3, 0.4) is 0 Å². The molecule has 1 saturated carbocycles. The van der Waals surface area contributed by atoms with Gasteiger partial charge >= 0.3 is 0 Å². The predicted molar refractivity (Wildman–Crippen MR) is 150 cm³/mol. The average Bonchev–Trinajstić information content (AvgIpc) is 3.63. The molecule has 1 aliphatic carbocycles. The number of aromatic nitrogens is 5. The molecule has 1 aliphatic heterocycles. The van der Waals surface area contributed by atoms with Crippen molar-refractivity contribution in [3.63, 3.8) is 0 Å². The van der Waals surface area contributed by atoms with E-state index in [1.54, 1.807) is 9.36 Å². The van der Waals surface area contributed by atoms with E-state index in [1.807, 2.05) is 44.6 Å². The highest BCUT2D eigenvalue weighted by atomic mass is 32.2. The second kappa shape index (κ2) is 10.3. The summed E-state index contributed by atoms with van der Waals surface area (Å²) in [6.45, 7) is 12.4. The third kappa shape index (κ3) is 5.70. The Morgan fingerprint density at radius 3 is 2.58 bits per heavy atom. The SMILES string of the molecule is Cc1nn(C)cc1SNC(=O)c1ccc(-n2ccc(OCC3CCCC3)n2)nc1N1CC(C)(C)CC1(C)C. The molecule has 1 N–H and O–H groups in total. The number of carbonyl (C=O) groups excluding carboxylic acids is 1. The lowest BCUT2D eigenvalue weighted by molar-refractivity contribution is 0.0984. The molecule has 0 radical (unpaired) electrons.